The molecule has 2 aromatic heterocycles. The van der Waals surface area contributed by atoms with Gasteiger partial charge < -0.3 is 9.32 Å². The lowest BCUT2D eigenvalue weighted by Crippen LogP contribution is -2.47. The molecule has 9 heteroatoms. The van der Waals surface area contributed by atoms with Crippen molar-refractivity contribution in [1.29, 1.82) is 0 Å². The summed E-state index contributed by atoms with van der Waals surface area (Å²) < 4.78 is 34.5. The highest BCUT2D eigenvalue weighted by Gasteiger charge is 2.36. The lowest BCUT2D eigenvalue weighted by molar-refractivity contribution is -0.137. The molecule has 0 aliphatic carbocycles. The lowest BCUT2D eigenvalue weighted by atomic mass is 9.97. The first-order valence-corrected chi connectivity index (χ1v) is 11.4. The van der Waals surface area contributed by atoms with Gasteiger partial charge in [0.15, 0.2) is 0 Å². The maximum Gasteiger partial charge on any atom is 0.246 e. The van der Waals surface area contributed by atoms with Crippen molar-refractivity contribution in [1.82, 2.24) is 19.0 Å². The normalized spacial score (nSPS) is 19.2. The van der Waals surface area contributed by atoms with E-state index in [2.05, 4.69) is 5.10 Å². The Kier molecular flexibility index (Phi) is 6.48. The van der Waals surface area contributed by atoms with E-state index in [9.17, 15) is 13.2 Å². The van der Waals surface area contributed by atoms with Gasteiger partial charge in [0.05, 0.1) is 24.1 Å². The Bertz CT molecular complexity index is 936. The second kappa shape index (κ2) is 8.71. The zero-order valence-corrected chi connectivity index (χ0v) is 18.4. The summed E-state index contributed by atoms with van der Waals surface area (Å²) in [7, 11) is -0.140. The number of aromatic nitrogens is 2. The average molecular weight is 423 g/mol. The van der Waals surface area contributed by atoms with Crippen molar-refractivity contribution < 1.29 is 17.6 Å². The van der Waals surface area contributed by atoms with E-state index in [0.717, 1.165) is 18.6 Å². The molecular weight excluding hydrogens is 392 g/mol. The summed E-state index contributed by atoms with van der Waals surface area (Å²) in [6.45, 7) is 4.39. The molecule has 160 valence electrons. The molecule has 1 amide bonds. The van der Waals surface area contributed by atoms with Crippen LogP contribution in [0.3, 0.4) is 0 Å². The standard InChI is InChI=1S/C20H30N4O4S/c1-15(9-10-18-8-6-12-28-18)22(3)20(25)17-7-5-11-24(14-17)29(26,27)19-13-21-23(4)16(19)2/h6,8,12-13,15,17H,5,7,9-11,14H2,1-4H3. The summed E-state index contributed by atoms with van der Waals surface area (Å²) in [6.07, 6.45) is 5.96. The van der Waals surface area contributed by atoms with E-state index in [1.54, 1.807) is 36.9 Å². The molecule has 1 fully saturated rings. The SMILES string of the molecule is Cc1c(S(=O)(=O)N2CCCC(C(=O)N(C)C(C)CCc3ccco3)C2)cnn1C. The van der Waals surface area contributed by atoms with Gasteiger partial charge in [-0.25, -0.2) is 8.42 Å². The summed E-state index contributed by atoms with van der Waals surface area (Å²) in [5, 5.41) is 4.05. The molecule has 1 saturated heterocycles. The second-order valence-electron chi connectivity index (χ2n) is 7.84. The third-order valence-corrected chi connectivity index (χ3v) is 7.91. The molecule has 8 nitrogen and oxygen atoms in total. The number of aryl methyl sites for hydroxylation is 2. The highest BCUT2D eigenvalue weighted by molar-refractivity contribution is 7.89. The molecule has 0 aromatic carbocycles. The zero-order valence-electron chi connectivity index (χ0n) is 17.5. The number of nitrogens with zero attached hydrogens (tertiary/aromatic N) is 4. The van der Waals surface area contributed by atoms with E-state index in [4.69, 9.17) is 4.42 Å². The van der Waals surface area contributed by atoms with Gasteiger partial charge in [-0.3, -0.25) is 9.48 Å². The average Bonchev–Trinajstić information content (AvgIpc) is 3.35. The zero-order chi connectivity index (χ0) is 21.2. The summed E-state index contributed by atoms with van der Waals surface area (Å²) in [6, 6.07) is 3.83. The Morgan fingerprint density at radius 2 is 2.21 bits per heavy atom. The van der Waals surface area contributed by atoms with E-state index in [-0.39, 0.29) is 29.3 Å². The molecule has 3 rings (SSSR count). The minimum absolute atomic E-state index is 0.000228. The maximum absolute atomic E-state index is 13.1. The highest BCUT2D eigenvalue weighted by atomic mass is 32.2. The van der Waals surface area contributed by atoms with Crippen LogP contribution in [0.5, 0.6) is 0 Å². The fourth-order valence-electron chi connectivity index (χ4n) is 3.74. The Hall–Kier alpha value is -2.13. The first-order valence-electron chi connectivity index (χ1n) is 9.99. The smallest absolute Gasteiger partial charge is 0.246 e. The molecule has 2 atom stereocenters. The number of sulfonamides is 1. The van der Waals surface area contributed by atoms with Crippen molar-refractivity contribution in [2.75, 3.05) is 20.1 Å². The van der Waals surface area contributed by atoms with Crippen LogP contribution in [0.2, 0.25) is 0 Å². The van der Waals surface area contributed by atoms with Gasteiger partial charge in [0.1, 0.15) is 10.7 Å². The van der Waals surface area contributed by atoms with Gasteiger partial charge >= 0.3 is 0 Å². The van der Waals surface area contributed by atoms with Gasteiger partial charge in [-0.1, -0.05) is 0 Å². The molecule has 2 unspecified atom stereocenters. The van der Waals surface area contributed by atoms with Crippen LogP contribution in [0.4, 0.5) is 0 Å². The van der Waals surface area contributed by atoms with Gasteiger partial charge in [-0.05, 0) is 45.2 Å². The number of rotatable bonds is 7. The Balaban J connectivity index is 1.64. The minimum Gasteiger partial charge on any atom is -0.469 e. The van der Waals surface area contributed by atoms with Gasteiger partial charge in [0.25, 0.3) is 0 Å². The maximum atomic E-state index is 13.1. The summed E-state index contributed by atoms with van der Waals surface area (Å²) >= 11 is 0. The van der Waals surface area contributed by atoms with Crippen molar-refractivity contribution >= 4 is 15.9 Å². The van der Waals surface area contributed by atoms with Gasteiger partial charge in [0, 0.05) is 39.6 Å². The van der Waals surface area contributed by atoms with Crippen LogP contribution in [-0.2, 0) is 28.3 Å². The molecule has 2 aromatic rings. The molecule has 0 radical (unpaired) electrons. The van der Waals surface area contributed by atoms with E-state index in [1.807, 2.05) is 19.1 Å². The number of hydrogen-bond donors (Lipinski definition) is 0. The first kappa shape index (κ1) is 21.6. The molecule has 0 bridgehead atoms. The molecular formula is C20H30N4O4S. The number of carbonyl (C=O) groups excluding carboxylic acids is 1. The van der Waals surface area contributed by atoms with Gasteiger partial charge in [-0.2, -0.15) is 9.40 Å². The minimum atomic E-state index is -3.66. The Morgan fingerprint density at radius 3 is 2.83 bits per heavy atom. The van der Waals surface area contributed by atoms with E-state index >= 15 is 0 Å². The predicted octanol–water partition coefficient (Wildman–Crippen LogP) is 2.20. The number of furan rings is 1. The Labute approximate surface area is 172 Å². The van der Waals surface area contributed by atoms with Crippen LogP contribution in [0.25, 0.3) is 0 Å². The van der Waals surface area contributed by atoms with Crippen LogP contribution in [-0.4, -0.2) is 59.5 Å². The van der Waals surface area contributed by atoms with Gasteiger partial charge in [0.2, 0.25) is 15.9 Å². The van der Waals surface area contributed by atoms with E-state index in [0.29, 0.717) is 25.1 Å². The quantitative estimate of drug-likeness (QED) is 0.683. The monoisotopic (exact) mass is 422 g/mol. The topological polar surface area (TPSA) is 88.7 Å². The van der Waals surface area contributed by atoms with Gasteiger partial charge in [-0.15, -0.1) is 0 Å². The van der Waals surface area contributed by atoms with Crippen LogP contribution in [0.1, 0.15) is 37.6 Å². The molecule has 0 saturated carbocycles. The van der Waals surface area contributed by atoms with E-state index < -0.39 is 10.0 Å². The molecule has 0 spiro atoms. The molecule has 29 heavy (non-hydrogen) atoms. The number of carbonyl (C=O) groups is 1. The van der Waals surface area contributed by atoms with Crippen LogP contribution >= 0.6 is 0 Å². The fraction of sp³-hybridized carbons (Fsp3) is 0.600. The summed E-state index contributed by atoms with van der Waals surface area (Å²) in [4.78, 5) is 15.0. The highest BCUT2D eigenvalue weighted by Crippen LogP contribution is 2.27. The molecule has 0 N–H and O–H groups in total. The van der Waals surface area contributed by atoms with Crippen molar-refractivity contribution in [3.05, 3.63) is 36.0 Å². The third kappa shape index (κ3) is 4.56. The number of amides is 1. The largest absolute Gasteiger partial charge is 0.469 e. The van der Waals surface area contributed by atoms with Crippen LogP contribution < -0.4 is 0 Å². The first-order chi connectivity index (χ1) is 13.7. The Morgan fingerprint density at radius 1 is 1.45 bits per heavy atom. The van der Waals surface area contributed by atoms with Crippen LogP contribution in [0, 0.1) is 12.8 Å². The van der Waals surface area contributed by atoms with Crippen molar-refractivity contribution in [2.45, 2.75) is 50.5 Å². The van der Waals surface area contributed by atoms with Crippen molar-refractivity contribution in [3.8, 4) is 0 Å². The second-order valence-corrected chi connectivity index (χ2v) is 9.74. The summed E-state index contributed by atoms with van der Waals surface area (Å²) in [5.74, 6) is 0.575. The third-order valence-electron chi connectivity index (χ3n) is 5.94. The number of piperidine rings is 1. The van der Waals surface area contributed by atoms with E-state index in [1.165, 1.54) is 10.5 Å². The fourth-order valence-corrected chi connectivity index (χ4v) is 5.45. The lowest BCUT2D eigenvalue weighted by Gasteiger charge is -2.35. The van der Waals surface area contributed by atoms with Crippen molar-refractivity contribution in [2.24, 2.45) is 13.0 Å². The molecule has 1 aliphatic rings. The molecule has 3 heterocycles. The molecule has 1 aliphatic heterocycles. The van der Waals surface area contributed by atoms with Crippen molar-refractivity contribution in [3.63, 3.8) is 0 Å². The number of hydrogen-bond acceptors (Lipinski definition) is 5. The summed E-state index contributed by atoms with van der Waals surface area (Å²) in [5.41, 5.74) is 0.599. The predicted molar refractivity (Wildman–Crippen MR) is 109 cm³/mol. The van der Waals surface area contributed by atoms with Crippen LogP contribution in [0.15, 0.2) is 33.9 Å².